The Labute approximate surface area is 143 Å². The predicted octanol–water partition coefficient (Wildman–Crippen LogP) is 2.86. The van der Waals surface area contributed by atoms with Gasteiger partial charge in [-0.05, 0) is 51.7 Å². The molecule has 5 heteroatoms. The maximum atomic E-state index is 12.6. The summed E-state index contributed by atoms with van der Waals surface area (Å²) in [5.74, 6) is -0.664. The van der Waals surface area contributed by atoms with E-state index in [-0.39, 0.29) is 35.4 Å². The summed E-state index contributed by atoms with van der Waals surface area (Å²) < 4.78 is 5.09. The Morgan fingerprint density at radius 2 is 1.92 bits per heavy atom. The smallest absolute Gasteiger partial charge is 0.308 e. The van der Waals surface area contributed by atoms with Crippen LogP contribution >= 0.6 is 0 Å². The average Bonchev–Trinajstić information content (AvgIpc) is 2.80. The van der Waals surface area contributed by atoms with Crippen molar-refractivity contribution in [2.24, 2.45) is 17.8 Å². The van der Waals surface area contributed by atoms with Crippen LogP contribution < -0.4 is 0 Å². The van der Waals surface area contributed by atoms with Gasteiger partial charge in [-0.15, -0.1) is 0 Å². The van der Waals surface area contributed by atoms with Crippen LogP contribution in [0.25, 0.3) is 0 Å². The zero-order chi connectivity index (χ0) is 17.9. The molecular weight excluding hydrogens is 306 g/mol. The average molecular weight is 333 g/mol. The van der Waals surface area contributed by atoms with E-state index in [1.54, 1.807) is 24.0 Å². The summed E-state index contributed by atoms with van der Waals surface area (Å²) in [6.07, 6.45) is 5.50. The van der Waals surface area contributed by atoms with Gasteiger partial charge < -0.3 is 9.64 Å². The molecule has 2 rings (SSSR count). The second-order valence-corrected chi connectivity index (χ2v) is 6.51. The first-order chi connectivity index (χ1) is 11.4. The van der Waals surface area contributed by atoms with Crippen LogP contribution in [0.5, 0.6) is 0 Å². The normalized spacial score (nSPS) is 24.4. The zero-order valence-electron chi connectivity index (χ0n) is 15.0. The monoisotopic (exact) mass is 333 g/mol. The third kappa shape index (κ3) is 3.45. The van der Waals surface area contributed by atoms with Crippen molar-refractivity contribution in [1.29, 1.82) is 0 Å². The number of ether oxygens (including phenoxy) is 1. The Kier molecular flexibility index (Phi) is 5.97. The van der Waals surface area contributed by atoms with Crippen LogP contribution in [0.15, 0.2) is 23.4 Å². The Morgan fingerprint density at radius 3 is 2.54 bits per heavy atom. The van der Waals surface area contributed by atoms with Gasteiger partial charge in [-0.3, -0.25) is 14.4 Å². The SMILES string of the molecule is CCOC(=O)C(CC)CCCN1C(=O)C(C)C2=C1C(C)C(=O)C=C2. The molecular formula is C19H27NO4. The summed E-state index contributed by atoms with van der Waals surface area (Å²) in [4.78, 5) is 38.1. The minimum Gasteiger partial charge on any atom is -0.466 e. The first-order valence-corrected chi connectivity index (χ1v) is 8.86. The van der Waals surface area contributed by atoms with E-state index in [1.807, 2.05) is 20.8 Å². The number of nitrogens with zero attached hydrogens (tertiary/aromatic N) is 1. The molecule has 0 saturated heterocycles. The molecule has 0 radical (unpaired) electrons. The lowest BCUT2D eigenvalue weighted by molar-refractivity contribution is -0.148. The number of allylic oxidation sites excluding steroid dienone is 3. The summed E-state index contributed by atoms with van der Waals surface area (Å²) in [6, 6.07) is 0. The molecule has 132 valence electrons. The molecule has 2 aliphatic rings. The Morgan fingerprint density at radius 1 is 1.21 bits per heavy atom. The molecule has 0 aromatic heterocycles. The first-order valence-electron chi connectivity index (χ1n) is 8.86. The highest BCUT2D eigenvalue weighted by Crippen LogP contribution is 2.38. The van der Waals surface area contributed by atoms with Gasteiger partial charge in [0.2, 0.25) is 5.91 Å². The fourth-order valence-electron chi connectivity index (χ4n) is 3.50. The maximum Gasteiger partial charge on any atom is 0.308 e. The van der Waals surface area contributed by atoms with Crippen molar-refractivity contribution < 1.29 is 19.1 Å². The molecule has 0 aromatic carbocycles. The fraction of sp³-hybridized carbons (Fsp3) is 0.632. The highest BCUT2D eigenvalue weighted by atomic mass is 16.5. The molecule has 0 N–H and O–H groups in total. The number of hydrogen-bond acceptors (Lipinski definition) is 4. The van der Waals surface area contributed by atoms with E-state index in [4.69, 9.17) is 4.74 Å². The minimum atomic E-state index is -0.272. The van der Waals surface area contributed by atoms with Crippen LogP contribution in [0, 0.1) is 17.8 Å². The third-order valence-electron chi connectivity index (χ3n) is 5.00. The maximum absolute atomic E-state index is 12.6. The molecule has 3 unspecified atom stereocenters. The highest BCUT2D eigenvalue weighted by molar-refractivity contribution is 5.99. The zero-order valence-corrected chi connectivity index (χ0v) is 15.0. The Hall–Kier alpha value is -1.91. The summed E-state index contributed by atoms with van der Waals surface area (Å²) in [5.41, 5.74) is 1.81. The van der Waals surface area contributed by atoms with Gasteiger partial charge in [0.05, 0.1) is 24.4 Å². The van der Waals surface area contributed by atoms with Crippen LogP contribution in [0.4, 0.5) is 0 Å². The molecule has 0 bridgehead atoms. The van der Waals surface area contributed by atoms with Gasteiger partial charge in [0.25, 0.3) is 0 Å². The lowest BCUT2D eigenvalue weighted by Gasteiger charge is -2.26. The van der Waals surface area contributed by atoms with E-state index < -0.39 is 0 Å². The first kappa shape index (κ1) is 18.4. The standard InChI is InChI=1S/C19H27NO4/c1-5-14(19(23)24-6-2)8-7-11-20-17-13(4)16(21)10-9-15(17)12(3)18(20)22/h9-10,12-14H,5-8,11H2,1-4H3. The minimum absolute atomic E-state index is 0.0404. The summed E-state index contributed by atoms with van der Waals surface area (Å²) in [7, 11) is 0. The molecule has 0 saturated carbocycles. The summed E-state index contributed by atoms with van der Waals surface area (Å²) >= 11 is 0. The van der Waals surface area contributed by atoms with E-state index in [0.29, 0.717) is 19.6 Å². The van der Waals surface area contributed by atoms with Crippen LogP contribution in [-0.2, 0) is 19.1 Å². The van der Waals surface area contributed by atoms with E-state index in [0.717, 1.165) is 24.1 Å². The van der Waals surface area contributed by atoms with Crippen LogP contribution in [0.3, 0.4) is 0 Å². The number of ketones is 1. The lowest BCUT2D eigenvalue weighted by Crippen LogP contribution is -2.33. The predicted molar refractivity (Wildman–Crippen MR) is 90.9 cm³/mol. The van der Waals surface area contributed by atoms with Crippen molar-refractivity contribution in [3.05, 3.63) is 23.4 Å². The molecule has 1 aliphatic heterocycles. The molecule has 0 aromatic rings. The van der Waals surface area contributed by atoms with Crippen LogP contribution in [0.2, 0.25) is 0 Å². The number of rotatable bonds is 7. The molecule has 1 heterocycles. The lowest BCUT2D eigenvalue weighted by atomic mass is 9.89. The second kappa shape index (κ2) is 7.77. The van der Waals surface area contributed by atoms with E-state index in [9.17, 15) is 14.4 Å². The van der Waals surface area contributed by atoms with Crippen molar-refractivity contribution in [3.63, 3.8) is 0 Å². The van der Waals surface area contributed by atoms with Crippen LogP contribution in [-0.4, -0.2) is 35.7 Å². The van der Waals surface area contributed by atoms with Gasteiger partial charge in [0, 0.05) is 12.2 Å². The van der Waals surface area contributed by atoms with Gasteiger partial charge in [0.15, 0.2) is 5.78 Å². The molecule has 1 aliphatic carbocycles. The molecule has 3 atom stereocenters. The number of hydrogen-bond donors (Lipinski definition) is 0. The highest BCUT2D eigenvalue weighted by Gasteiger charge is 2.40. The Bertz CT molecular complexity index is 590. The Balaban J connectivity index is 2.02. The number of esters is 1. The summed E-state index contributed by atoms with van der Waals surface area (Å²) in [5, 5.41) is 0. The largest absolute Gasteiger partial charge is 0.466 e. The molecule has 1 amide bonds. The van der Waals surface area contributed by atoms with Crippen molar-refractivity contribution in [2.45, 2.75) is 47.0 Å². The van der Waals surface area contributed by atoms with Gasteiger partial charge in [-0.2, -0.15) is 0 Å². The third-order valence-corrected chi connectivity index (χ3v) is 5.00. The topological polar surface area (TPSA) is 63.7 Å². The molecule has 24 heavy (non-hydrogen) atoms. The molecule has 0 fully saturated rings. The number of carbonyl (C=O) groups is 3. The van der Waals surface area contributed by atoms with Crippen molar-refractivity contribution >= 4 is 17.7 Å². The van der Waals surface area contributed by atoms with Gasteiger partial charge in [-0.25, -0.2) is 0 Å². The van der Waals surface area contributed by atoms with Crippen LogP contribution in [0.1, 0.15) is 47.0 Å². The van der Waals surface area contributed by atoms with Crippen molar-refractivity contribution in [3.8, 4) is 0 Å². The van der Waals surface area contributed by atoms with Crippen molar-refractivity contribution in [1.82, 2.24) is 4.90 Å². The molecule has 5 nitrogen and oxygen atoms in total. The van der Waals surface area contributed by atoms with E-state index >= 15 is 0 Å². The quantitative estimate of drug-likeness (QED) is 0.672. The van der Waals surface area contributed by atoms with Gasteiger partial charge in [0.1, 0.15) is 0 Å². The fourth-order valence-corrected chi connectivity index (χ4v) is 3.50. The van der Waals surface area contributed by atoms with Gasteiger partial charge >= 0.3 is 5.97 Å². The van der Waals surface area contributed by atoms with E-state index in [1.165, 1.54) is 0 Å². The van der Waals surface area contributed by atoms with Gasteiger partial charge in [-0.1, -0.05) is 13.0 Å². The molecule has 0 spiro atoms. The number of amides is 1. The van der Waals surface area contributed by atoms with Crippen molar-refractivity contribution in [2.75, 3.05) is 13.2 Å². The van der Waals surface area contributed by atoms with E-state index in [2.05, 4.69) is 0 Å². The second-order valence-electron chi connectivity index (χ2n) is 6.51. The number of carbonyl (C=O) groups excluding carboxylic acids is 3. The summed E-state index contributed by atoms with van der Waals surface area (Å²) in [6.45, 7) is 8.45.